The second kappa shape index (κ2) is 6.17. The van der Waals surface area contributed by atoms with Gasteiger partial charge in [0.1, 0.15) is 0 Å². The van der Waals surface area contributed by atoms with Crippen LogP contribution in [0, 0.1) is 5.41 Å². The molecule has 0 aromatic heterocycles. The molecule has 1 aliphatic carbocycles. The summed E-state index contributed by atoms with van der Waals surface area (Å²) in [5, 5.41) is 12.0. The first-order chi connectivity index (χ1) is 9.20. The molecule has 1 fully saturated rings. The molecular formula is C15H22N2O2. The summed E-state index contributed by atoms with van der Waals surface area (Å²) in [7, 11) is 0. The van der Waals surface area contributed by atoms with Crippen molar-refractivity contribution in [2.75, 3.05) is 6.54 Å². The van der Waals surface area contributed by atoms with E-state index in [1.807, 2.05) is 24.3 Å². The predicted octanol–water partition coefficient (Wildman–Crippen LogP) is 1.31. The number of aliphatic hydroxyl groups excluding tert-OH is 1. The Morgan fingerprint density at radius 1 is 1.21 bits per heavy atom. The molecule has 1 saturated carbocycles. The number of carbonyl (C=O) groups excluding carboxylic acids is 1. The molecule has 0 unspecified atom stereocenters. The van der Waals surface area contributed by atoms with E-state index in [1.54, 1.807) is 0 Å². The van der Waals surface area contributed by atoms with Crippen LogP contribution in [0.25, 0.3) is 0 Å². The van der Waals surface area contributed by atoms with Crippen LogP contribution >= 0.6 is 0 Å². The van der Waals surface area contributed by atoms with E-state index in [4.69, 9.17) is 10.8 Å². The number of benzene rings is 1. The minimum atomic E-state index is -0.342. The van der Waals surface area contributed by atoms with Gasteiger partial charge in [-0.25, -0.2) is 0 Å². The van der Waals surface area contributed by atoms with E-state index in [0.29, 0.717) is 13.1 Å². The van der Waals surface area contributed by atoms with E-state index in [-0.39, 0.29) is 17.9 Å². The van der Waals surface area contributed by atoms with Crippen LogP contribution in [0.1, 0.15) is 36.8 Å². The van der Waals surface area contributed by atoms with E-state index in [2.05, 4.69) is 5.32 Å². The van der Waals surface area contributed by atoms with Crippen LogP contribution in [0.5, 0.6) is 0 Å². The molecule has 19 heavy (non-hydrogen) atoms. The molecule has 4 N–H and O–H groups in total. The van der Waals surface area contributed by atoms with Gasteiger partial charge in [0.25, 0.3) is 0 Å². The molecule has 0 saturated heterocycles. The van der Waals surface area contributed by atoms with Crippen molar-refractivity contribution in [3.63, 3.8) is 0 Å². The molecule has 4 nitrogen and oxygen atoms in total. The number of aliphatic hydroxyl groups is 1. The molecule has 0 bridgehead atoms. The third kappa shape index (κ3) is 3.14. The Morgan fingerprint density at radius 3 is 2.32 bits per heavy atom. The van der Waals surface area contributed by atoms with Gasteiger partial charge in [-0.05, 0) is 24.0 Å². The van der Waals surface area contributed by atoms with Crippen molar-refractivity contribution in [2.45, 2.75) is 38.8 Å². The second-order valence-electron chi connectivity index (χ2n) is 5.35. The van der Waals surface area contributed by atoms with Crippen molar-refractivity contribution in [3.05, 3.63) is 35.4 Å². The van der Waals surface area contributed by atoms with Crippen LogP contribution in [-0.2, 0) is 17.9 Å². The highest BCUT2D eigenvalue weighted by molar-refractivity contribution is 5.83. The number of amides is 1. The zero-order chi connectivity index (χ0) is 13.7. The maximum absolute atomic E-state index is 12.3. The van der Waals surface area contributed by atoms with Crippen molar-refractivity contribution < 1.29 is 9.90 Å². The van der Waals surface area contributed by atoms with Crippen molar-refractivity contribution >= 4 is 5.91 Å². The molecule has 4 heteroatoms. The van der Waals surface area contributed by atoms with Gasteiger partial charge < -0.3 is 16.2 Å². The summed E-state index contributed by atoms with van der Waals surface area (Å²) in [4.78, 5) is 12.3. The van der Waals surface area contributed by atoms with Crippen molar-refractivity contribution in [1.29, 1.82) is 0 Å². The first kappa shape index (κ1) is 14.0. The third-order valence-corrected chi connectivity index (χ3v) is 4.09. The van der Waals surface area contributed by atoms with Gasteiger partial charge in [-0.15, -0.1) is 0 Å². The van der Waals surface area contributed by atoms with E-state index in [0.717, 1.165) is 36.8 Å². The van der Waals surface area contributed by atoms with Crippen LogP contribution in [-0.4, -0.2) is 17.6 Å². The quantitative estimate of drug-likeness (QED) is 0.749. The van der Waals surface area contributed by atoms with Gasteiger partial charge in [-0.3, -0.25) is 4.79 Å². The number of hydrogen-bond donors (Lipinski definition) is 3. The summed E-state index contributed by atoms with van der Waals surface area (Å²) in [6, 6.07) is 7.59. The maximum atomic E-state index is 12.3. The lowest BCUT2D eigenvalue weighted by Crippen LogP contribution is -2.43. The van der Waals surface area contributed by atoms with Gasteiger partial charge in [0.2, 0.25) is 5.91 Å². The fourth-order valence-corrected chi connectivity index (χ4v) is 2.71. The third-order valence-electron chi connectivity index (χ3n) is 4.09. The molecule has 1 amide bonds. The van der Waals surface area contributed by atoms with Crippen molar-refractivity contribution in [3.8, 4) is 0 Å². The Morgan fingerprint density at radius 2 is 1.79 bits per heavy atom. The fourth-order valence-electron chi connectivity index (χ4n) is 2.71. The largest absolute Gasteiger partial charge is 0.392 e. The molecular weight excluding hydrogens is 240 g/mol. The second-order valence-corrected chi connectivity index (χ2v) is 5.35. The van der Waals surface area contributed by atoms with Gasteiger partial charge in [0, 0.05) is 13.1 Å². The van der Waals surface area contributed by atoms with Gasteiger partial charge >= 0.3 is 0 Å². The summed E-state index contributed by atoms with van der Waals surface area (Å²) in [6.45, 7) is 0.998. The maximum Gasteiger partial charge on any atom is 0.227 e. The van der Waals surface area contributed by atoms with Crippen LogP contribution in [0.15, 0.2) is 24.3 Å². The highest BCUT2D eigenvalue weighted by Crippen LogP contribution is 2.37. The lowest BCUT2D eigenvalue weighted by molar-refractivity contribution is -0.130. The van der Waals surface area contributed by atoms with Gasteiger partial charge in [0.05, 0.1) is 12.0 Å². The molecule has 0 aliphatic heterocycles. The lowest BCUT2D eigenvalue weighted by atomic mass is 9.85. The van der Waals surface area contributed by atoms with Gasteiger partial charge in [-0.2, -0.15) is 0 Å². The zero-order valence-electron chi connectivity index (χ0n) is 11.2. The van der Waals surface area contributed by atoms with Crippen molar-refractivity contribution in [2.24, 2.45) is 11.1 Å². The Kier molecular flexibility index (Phi) is 4.56. The van der Waals surface area contributed by atoms with E-state index < -0.39 is 0 Å². The molecule has 0 radical (unpaired) electrons. The zero-order valence-corrected chi connectivity index (χ0v) is 11.2. The van der Waals surface area contributed by atoms with E-state index in [9.17, 15) is 4.79 Å². The number of rotatable bonds is 5. The summed E-state index contributed by atoms with van der Waals surface area (Å²) < 4.78 is 0. The number of hydrogen-bond acceptors (Lipinski definition) is 3. The highest BCUT2D eigenvalue weighted by Gasteiger charge is 2.39. The summed E-state index contributed by atoms with van der Waals surface area (Å²) in [5.41, 5.74) is 7.36. The first-order valence-electron chi connectivity index (χ1n) is 6.87. The number of carbonyl (C=O) groups is 1. The van der Waals surface area contributed by atoms with Crippen molar-refractivity contribution in [1.82, 2.24) is 5.32 Å². The molecule has 2 rings (SSSR count). The Balaban J connectivity index is 1.92. The minimum Gasteiger partial charge on any atom is -0.392 e. The molecule has 1 aromatic rings. The van der Waals surface area contributed by atoms with Crippen LogP contribution in [0.4, 0.5) is 0 Å². The number of nitrogens with one attached hydrogen (secondary N) is 1. The van der Waals surface area contributed by atoms with Gasteiger partial charge in [-0.1, -0.05) is 37.1 Å². The van der Waals surface area contributed by atoms with Crippen LogP contribution in [0.2, 0.25) is 0 Å². The Labute approximate surface area is 114 Å². The summed E-state index contributed by atoms with van der Waals surface area (Å²) in [5.74, 6) is 0.0822. The molecule has 1 aliphatic rings. The van der Waals surface area contributed by atoms with E-state index >= 15 is 0 Å². The lowest BCUT2D eigenvalue weighted by Gasteiger charge is -2.25. The Bertz CT molecular complexity index is 422. The Hall–Kier alpha value is -1.39. The molecule has 0 heterocycles. The standard InChI is InChI=1S/C15H22N2O2/c16-11-15(7-1-2-8-15)14(19)17-9-12-3-5-13(10-18)6-4-12/h3-6,18H,1-2,7-11,16H2,(H,17,19). The predicted molar refractivity (Wildman–Crippen MR) is 74.2 cm³/mol. The minimum absolute atomic E-state index is 0.0446. The fraction of sp³-hybridized carbons (Fsp3) is 0.533. The summed E-state index contributed by atoms with van der Waals surface area (Å²) in [6.07, 6.45) is 3.99. The number of nitrogens with two attached hydrogens (primary N) is 1. The normalized spacial score (nSPS) is 17.4. The average Bonchev–Trinajstić information content (AvgIpc) is 2.95. The molecule has 0 spiro atoms. The molecule has 1 aromatic carbocycles. The van der Waals surface area contributed by atoms with Gasteiger partial charge in [0.15, 0.2) is 0 Å². The smallest absolute Gasteiger partial charge is 0.227 e. The topological polar surface area (TPSA) is 75.4 Å². The van der Waals surface area contributed by atoms with Crippen LogP contribution < -0.4 is 11.1 Å². The SMILES string of the molecule is NCC1(C(=O)NCc2ccc(CO)cc2)CCCC1. The highest BCUT2D eigenvalue weighted by atomic mass is 16.3. The average molecular weight is 262 g/mol. The van der Waals surface area contributed by atoms with E-state index in [1.165, 1.54) is 0 Å². The molecule has 0 atom stereocenters. The first-order valence-corrected chi connectivity index (χ1v) is 6.87. The van der Waals surface area contributed by atoms with Crippen LogP contribution in [0.3, 0.4) is 0 Å². The molecule has 104 valence electrons. The monoisotopic (exact) mass is 262 g/mol. The summed E-state index contributed by atoms with van der Waals surface area (Å²) >= 11 is 0.